The Balaban J connectivity index is 1.38. The summed E-state index contributed by atoms with van der Waals surface area (Å²) in [5.74, 6) is 0.190. The van der Waals surface area contributed by atoms with E-state index in [1.54, 1.807) is 39.9 Å². The highest BCUT2D eigenvalue weighted by Crippen LogP contribution is 2.26. The van der Waals surface area contributed by atoms with Crippen molar-refractivity contribution < 1.29 is 13.2 Å². The zero-order valence-electron chi connectivity index (χ0n) is 16.6. The van der Waals surface area contributed by atoms with Crippen molar-refractivity contribution >= 4 is 44.3 Å². The van der Waals surface area contributed by atoms with Gasteiger partial charge in [-0.25, -0.2) is 13.4 Å². The third-order valence-corrected chi connectivity index (χ3v) is 8.56. The summed E-state index contributed by atoms with van der Waals surface area (Å²) in [6.45, 7) is 3.19. The van der Waals surface area contributed by atoms with Crippen LogP contribution in [0.3, 0.4) is 0 Å². The first-order valence-corrected chi connectivity index (χ1v) is 13.0. The number of amides is 1. The molecule has 1 amide bonds. The molecule has 1 unspecified atom stereocenters. The van der Waals surface area contributed by atoms with E-state index in [0.717, 1.165) is 29.1 Å². The molecule has 1 atom stereocenters. The van der Waals surface area contributed by atoms with Crippen molar-refractivity contribution in [3.63, 3.8) is 0 Å². The molecule has 1 fully saturated rings. The molecule has 0 saturated carbocycles. The number of hydrogen-bond donors (Lipinski definition) is 1. The molecule has 1 aliphatic rings. The molecule has 0 bridgehead atoms. The van der Waals surface area contributed by atoms with Gasteiger partial charge in [-0.15, -0.1) is 11.3 Å². The second-order valence-corrected chi connectivity index (χ2v) is 11.1. The number of carbonyl (C=O) groups excluding carboxylic acids is 1. The topological polar surface area (TPSA) is 79.4 Å². The summed E-state index contributed by atoms with van der Waals surface area (Å²) in [6.07, 6.45) is 2.12. The summed E-state index contributed by atoms with van der Waals surface area (Å²) in [5, 5.41) is 9.64. The first-order chi connectivity index (χ1) is 14.4. The van der Waals surface area contributed by atoms with Gasteiger partial charge in [0.25, 0.3) is 0 Å². The van der Waals surface area contributed by atoms with Crippen molar-refractivity contribution in [1.29, 1.82) is 0 Å². The van der Waals surface area contributed by atoms with Crippen LogP contribution in [-0.4, -0.2) is 36.7 Å². The molecule has 1 aliphatic heterocycles. The number of nitrogens with one attached hydrogen (secondary N) is 1. The molecule has 6 nitrogen and oxygen atoms in total. The molecular formula is C21H23N3O3S3. The molecule has 3 heterocycles. The standard InChI is InChI=1S/C21H23N3O3S3/c1-15-3-2-9-24(12-15)30(26,27)19-6-4-17(5-7-19)22-20(25)11-18-14-29-21(23-18)16-8-10-28-13-16/h4-8,10,13-15H,2-3,9,11-12H2,1H3,(H,22,25). The van der Waals surface area contributed by atoms with Gasteiger partial charge in [-0.2, -0.15) is 15.6 Å². The van der Waals surface area contributed by atoms with Crippen molar-refractivity contribution in [3.05, 3.63) is 52.2 Å². The molecule has 4 rings (SSSR count). The van der Waals surface area contributed by atoms with Crippen molar-refractivity contribution in [2.24, 2.45) is 5.92 Å². The summed E-state index contributed by atoms with van der Waals surface area (Å²) >= 11 is 3.13. The van der Waals surface area contributed by atoms with E-state index in [1.165, 1.54) is 11.3 Å². The number of thiophene rings is 1. The molecule has 9 heteroatoms. The molecule has 0 spiro atoms. The number of benzene rings is 1. The summed E-state index contributed by atoms with van der Waals surface area (Å²) in [6, 6.07) is 8.39. The Bertz CT molecular complexity index is 1110. The largest absolute Gasteiger partial charge is 0.326 e. The van der Waals surface area contributed by atoms with Crippen LogP contribution in [0.5, 0.6) is 0 Å². The predicted molar refractivity (Wildman–Crippen MR) is 121 cm³/mol. The smallest absolute Gasteiger partial charge is 0.243 e. The van der Waals surface area contributed by atoms with Gasteiger partial charge in [0.05, 0.1) is 17.0 Å². The van der Waals surface area contributed by atoms with Gasteiger partial charge < -0.3 is 5.32 Å². The van der Waals surface area contributed by atoms with Crippen LogP contribution in [0.2, 0.25) is 0 Å². The first-order valence-electron chi connectivity index (χ1n) is 9.79. The van der Waals surface area contributed by atoms with Crippen LogP contribution in [0.4, 0.5) is 5.69 Å². The molecule has 1 aromatic carbocycles. The quantitative estimate of drug-likeness (QED) is 0.587. The number of thiazole rings is 1. The maximum atomic E-state index is 12.8. The Morgan fingerprint density at radius 2 is 2.03 bits per heavy atom. The lowest BCUT2D eigenvalue weighted by Gasteiger charge is -2.30. The summed E-state index contributed by atoms with van der Waals surface area (Å²) in [4.78, 5) is 17.1. The lowest BCUT2D eigenvalue weighted by molar-refractivity contribution is -0.115. The van der Waals surface area contributed by atoms with Crippen LogP contribution in [0.15, 0.2) is 51.4 Å². The number of aromatic nitrogens is 1. The minimum absolute atomic E-state index is 0.173. The highest BCUT2D eigenvalue weighted by Gasteiger charge is 2.28. The first kappa shape index (κ1) is 21.2. The SMILES string of the molecule is CC1CCCN(S(=O)(=O)c2ccc(NC(=O)Cc3csc(-c4ccsc4)n3)cc2)C1. The van der Waals surface area contributed by atoms with E-state index in [4.69, 9.17) is 0 Å². The van der Waals surface area contributed by atoms with Gasteiger partial charge in [-0.3, -0.25) is 4.79 Å². The zero-order valence-corrected chi connectivity index (χ0v) is 19.0. The number of piperidine rings is 1. The van der Waals surface area contributed by atoms with E-state index >= 15 is 0 Å². The number of carbonyl (C=O) groups is 1. The van der Waals surface area contributed by atoms with E-state index in [0.29, 0.717) is 24.7 Å². The average molecular weight is 462 g/mol. The lowest BCUT2D eigenvalue weighted by Crippen LogP contribution is -2.39. The monoisotopic (exact) mass is 461 g/mol. The molecule has 0 radical (unpaired) electrons. The maximum absolute atomic E-state index is 12.8. The van der Waals surface area contributed by atoms with E-state index in [2.05, 4.69) is 17.2 Å². The Kier molecular flexibility index (Phi) is 6.33. The minimum Gasteiger partial charge on any atom is -0.326 e. The van der Waals surface area contributed by atoms with Gasteiger partial charge in [-0.05, 0) is 54.5 Å². The molecule has 158 valence electrons. The van der Waals surface area contributed by atoms with Crippen LogP contribution < -0.4 is 5.32 Å². The normalized spacial score (nSPS) is 17.7. The number of hydrogen-bond acceptors (Lipinski definition) is 6. The lowest BCUT2D eigenvalue weighted by atomic mass is 10.0. The predicted octanol–water partition coefficient (Wildman–Crippen LogP) is 4.47. The summed E-state index contributed by atoms with van der Waals surface area (Å²) in [5.41, 5.74) is 2.35. The van der Waals surface area contributed by atoms with Gasteiger partial charge in [0.15, 0.2) is 0 Å². The second-order valence-electron chi connectivity index (χ2n) is 7.52. The summed E-state index contributed by atoms with van der Waals surface area (Å²) in [7, 11) is -3.49. The fourth-order valence-corrected chi connectivity index (χ4v) is 6.63. The molecule has 3 aromatic rings. The van der Waals surface area contributed by atoms with E-state index in [1.807, 2.05) is 22.2 Å². The minimum atomic E-state index is -3.49. The van der Waals surface area contributed by atoms with E-state index < -0.39 is 10.0 Å². The highest BCUT2D eigenvalue weighted by molar-refractivity contribution is 7.89. The number of nitrogens with zero attached hydrogens (tertiary/aromatic N) is 2. The van der Waals surface area contributed by atoms with Crippen LogP contribution >= 0.6 is 22.7 Å². The van der Waals surface area contributed by atoms with Gasteiger partial charge in [0.1, 0.15) is 5.01 Å². The third-order valence-electron chi connectivity index (χ3n) is 5.06. The fourth-order valence-electron chi connectivity index (χ4n) is 3.50. The van der Waals surface area contributed by atoms with Gasteiger partial charge in [0, 0.05) is 35.1 Å². The second kappa shape index (κ2) is 8.97. The Morgan fingerprint density at radius 3 is 2.73 bits per heavy atom. The molecular weight excluding hydrogens is 438 g/mol. The molecule has 0 aliphatic carbocycles. The Hall–Kier alpha value is -2.07. The van der Waals surface area contributed by atoms with Crippen LogP contribution in [0, 0.1) is 5.92 Å². The van der Waals surface area contributed by atoms with Crippen molar-refractivity contribution in [2.75, 3.05) is 18.4 Å². The van der Waals surface area contributed by atoms with Crippen molar-refractivity contribution in [2.45, 2.75) is 31.1 Å². The molecule has 30 heavy (non-hydrogen) atoms. The highest BCUT2D eigenvalue weighted by atomic mass is 32.2. The molecule has 2 aromatic heterocycles. The molecule has 1 saturated heterocycles. The maximum Gasteiger partial charge on any atom is 0.243 e. The molecule has 1 N–H and O–H groups in total. The van der Waals surface area contributed by atoms with E-state index in [9.17, 15) is 13.2 Å². The van der Waals surface area contributed by atoms with Crippen molar-refractivity contribution in [3.8, 4) is 10.6 Å². The van der Waals surface area contributed by atoms with E-state index in [-0.39, 0.29) is 17.2 Å². The Labute approximate surface area is 184 Å². The van der Waals surface area contributed by atoms with Crippen LogP contribution in [0.1, 0.15) is 25.5 Å². The number of rotatable bonds is 6. The van der Waals surface area contributed by atoms with Gasteiger partial charge in [0.2, 0.25) is 15.9 Å². The average Bonchev–Trinajstić information content (AvgIpc) is 3.40. The fraction of sp³-hybridized carbons (Fsp3) is 0.333. The van der Waals surface area contributed by atoms with Gasteiger partial charge >= 0.3 is 0 Å². The zero-order chi connectivity index (χ0) is 21.1. The van der Waals surface area contributed by atoms with Crippen molar-refractivity contribution in [1.82, 2.24) is 9.29 Å². The third kappa shape index (κ3) is 4.80. The van der Waals surface area contributed by atoms with Crippen LogP contribution in [0.25, 0.3) is 10.6 Å². The Morgan fingerprint density at radius 1 is 1.23 bits per heavy atom. The number of anilines is 1. The number of sulfonamides is 1. The van der Waals surface area contributed by atoms with Gasteiger partial charge in [-0.1, -0.05) is 6.92 Å². The van der Waals surface area contributed by atoms with Crippen LogP contribution in [-0.2, 0) is 21.2 Å². The summed E-state index contributed by atoms with van der Waals surface area (Å²) < 4.78 is 27.2.